The summed E-state index contributed by atoms with van der Waals surface area (Å²) in [5.74, 6) is 1.43. The van der Waals surface area contributed by atoms with E-state index in [9.17, 15) is 0 Å². The summed E-state index contributed by atoms with van der Waals surface area (Å²) in [6, 6.07) is 21.1. The molecule has 0 saturated heterocycles. The number of nitriles is 2. The van der Waals surface area contributed by atoms with E-state index in [0.29, 0.717) is 11.4 Å². The number of nitrogens with one attached hydrogen (secondary N) is 2. The summed E-state index contributed by atoms with van der Waals surface area (Å²) in [4.78, 5) is 4.62. The monoisotopic (exact) mass is 365 g/mol. The minimum atomic E-state index is 0.618. The first-order chi connectivity index (χ1) is 13.6. The van der Waals surface area contributed by atoms with Gasteiger partial charge in [-0.3, -0.25) is 0 Å². The number of anilines is 4. The number of aryl methyl sites for hydroxylation is 2. The zero-order chi connectivity index (χ0) is 19.9. The molecule has 3 rings (SSSR count). The van der Waals surface area contributed by atoms with Crippen molar-refractivity contribution in [1.29, 1.82) is 10.5 Å². The van der Waals surface area contributed by atoms with Gasteiger partial charge in [0.25, 0.3) is 0 Å². The van der Waals surface area contributed by atoms with Crippen LogP contribution in [0.1, 0.15) is 22.3 Å². The molecule has 0 amide bonds. The molecule has 0 radical (unpaired) electrons. The minimum Gasteiger partial charge on any atom is -0.340 e. The van der Waals surface area contributed by atoms with Crippen LogP contribution >= 0.6 is 0 Å². The van der Waals surface area contributed by atoms with Crippen LogP contribution in [0.2, 0.25) is 0 Å². The maximum atomic E-state index is 8.89. The number of hydrogen-bond donors (Lipinski definition) is 2. The van der Waals surface area contributed by atoms with Gasteiger partial charge in [0.05, 0.1) is 17.7 Å². The summed E-state index contributed by atoms with van der Waals surface area (Å²) in [5.41, 5.74) is 5.62. The summed E-state index contributed by atoms with van der Waals surface area (Å²) >= 11 is 0. The zero-order valence-electron chi connectivity index (χ0n) is 15.7. The van der Waals surface area contributed by atoms with Gasteiger partial charge in [-0.2, -0.15) is 10.5 Å². The lowest BCUT2D eigenvalue weighted by Gasteiger charge is -2.14. The highest BCUT2D eigenvalue weighted by atomic mass is 15.1. The van der Waals surface area contributed by atoms with Gasteiger partial charge in [0, 0.05) is 17.5 Å². The number of rotatable bonds is 5. The zero-order valence-corrected chi connectivity index (χ0v) is 15.7. The normalized spacial score (nSPS) is 10.3. The lowest BCUT2D eigenvalue weighted by Crippen LogP contribution is -2.01. The highest BCUT2D eigenvalue weighted by molar-refractivity contribution is 5.69. The van der Waals surface area contributed by atoms with Crippen molar-refractivity contribution in [2.45, 2.75) is 13.8 Å². The highest BCUT2D eigenvalue weighted by Gasteiger charge is 2.06. The summed E-state index contributed by atoms with van der Waals surface area (Å²) < 4.78 is 0. The van der Waals surface area contributed by atoms with Crippen LogP contribution in [0.3, 0.4) is 0 Å². The van der Waals surface area contributed by atoms with Crippen molar-refractivity contribution in [3.05, 3.63) is 82.9 Å². The summed E-state index contributed by atoms with van der Waals surface area (Å²) in [6.45, 7) is 4.05. The Morgan fingerprint density at radius 3 is 2.14 bits per heavy atom. The van der Waals surface area contributed by atoms with Gasteiger partial charge in [-0.15, -0.1) is 0 Å². The molecular weight excluding hydrogens is 346 g/mol. The molecule has 136 valence electrons. The molecule has 0 unspecified atom stereocenters. The molecule has 5 heteroatoms. The van der Waals surface area contributed by atoms with Gasteiger partial charge in [-0.1, -0.05) is 6.07 Å². The molecule has 0 fully saturated rings. The third-order valence-corrected chi connectivity index (χ3v) is 4.19. The van der Waals surface area contributed by atoms with E-state index in [4.69, 9.17) is 10.5 Å². The number of allylic oxidation sites excluding steroid dienone is 1. The van der Waals surface area contributed by atoms with E-state index in [2.05, 4.69) is 21.7 Å². The highest BCUT2D eigenvalue weighted by Crippen LogP contribution is 2.27. The van der Waals surface area contributed by atoms with Crippen molar-refractivity contribution >= 4 is 29.1 Å². The van der Waals surface area contributed by atoms with Crippen molar-refractivity contribution in [2.75, 3.05) is 10.6 Å². The molecule has 2 aromatic carbocycles. The van der Waals surface area contributed by atoms with Crippen molar-refractivity contribution in [2.24, 2.45) is 0 Å². The van der Waals surface area contributed by atoms with Crippen molar-refractivity contribution in [3.8, 4) is 12.1 Å². The first-order valence-electron chi connectivity index (χ1n) is 8.78. The van der Waals surface area contributed by atoms with Crippen LogP contribution in [0.25, 0.3) is 6.08 Å². The maximum Gasteiger partial charge on any atom is 0.132 e. The van der Waals surface area contributed by atoms with Gasteiger partial charge < -0.3 is 10.6 Å². The van der Waals surface area contributed by atoms with Gasteiger partial charge in [0.2, 0.25) is 0 Å². The Balaban J connectivity index is 1.80. The molecule has 0 atom stereocenters. The molecule has 28 heavy (non-hydrogen) atoms. The first-order valence-corrected chi connectivity index (χ1v) is 8.78. The van der Waals surface area contributed by atoms with Crippen LogP contribution in [0, 0.1) is 36.5 Å². The van der Waals surface area contributed by atoms with E-state index < -0.39 is 0 Å². The number of nitrogens with zero attached hydrogens (tertiary/aromatic N) is 3. The predicted molar refractivity (Wildman–Crippen MR) is 113 cm³/mol. The van der Waals surface area contributed by atoms with Crippen molar-refractivity contribution < 1.29 is 0 Å². The molecule has 0 bridgehead atoms. The average Bonchev–Trinajstić information content (AvgIpc) is 2.70. The van der Waals surface area contributed by atoms with Crippen LogP contribution in [0.15, 0.2) is 60.7 Å². The van der Waals surface area contributed by atoms with E-state index in [-0.39, 0.29) is 0 Å². The van der Waals surface area contributed by atoms with E-state index in [1.165, 1.54) is 6.08 Å². The number of pyridine rings is 1. The molecule has 0 aliphatic rings. The smallest absolute Gasteiger partial charge is 0.132 e. The van der Waals surface area contributed by atoms with Crippen LogP contribution in [0.4, 0.5) is 23.0 Å². The molecule has 3 aromatic rings. The number of hydrogen-bond acceptors (Lipinski definition) is 5. The molecule has 1 aromatic heterocycles. The van der Waals surface area contributed by atoms with Gasteiger partial charge in [0.15, 0.2) is 0 Å². The van der Waals surface area contributed by atoms with E-state index >= 15 is 0 Å². The van der Waals surface area contributed by atoms with E-state index in [1.54, 1.807) is 18.2 Å². The largest absolute Gasteiger partial charge is 0.340 e. The van der Waals surface area contributed by atoms with Crippen LogP contribution in [0.5, 0.6) is 0 Å². The second-order valence-electron chi connectivity index (χ2n) is 6.34. The third-order valence-electron chi connectivity index (χ3n) is 4.19. The number of aromatic nitrogens is 1. The molecule has 0 aliphatic carbocycles. The lowest BCUT2D eigenvalue weighted by molar-refractivity contribution is 1.27. The Bertz CT molecular complexity index is 1080. The van der Waals surface area contributed by atoms with Gasteiger partial charge in [0.1, 0.15) is 11.6 Å². The molecule has 2 N–H and O–H groups in total. The fourth-order valence-corrected chi connectivity index (χ4v) is 2.90. The van der Waals surface area contributed by atoms with E-state index in [1.807, 2.05) is 62.4 Å². The molecular formula is C23H19N5. The summed E-state index contributed by atoms with van der Waals surface area (Å²) in [6.07, 6.45) is 3.27. The topological polar surface area (TPSA) is 84.5 Å². The first kappa shape index (κ1) is 18.7. The average molecular weight is 365 g/mol. The molecule has 0 spiro atoms. The van der Waals surface area contributed by atoms with Crippen molar-refractivity contribution in [3.63, 3.8) is 0 Å². The van der Waals surface area contributed by atoms with Crippen LogP contribution in [-0.2, 0) is 0 Å². The standard InChI is InChI=1S/C23H19N5/c1-16-13-19(5-4-12-24)14-17(2)23(16)28-22-7-3-6-21(27-22)26-20-10-8-18(15-25)9-11-20/h3-11,13-14H,1-2H3,(H2,26,27,28)/b5-4+. The fourth-order valence-electron chi connectivity index (χ4n) is 2.90. The Labute approximate surface area is 164 Å². The lowest BCUT2D eigenvalue weighted by atomic mass is 10.0. The number of benzene rings is 2. The Morgan fingerprint density at radius 1 is 0.893 bits per heavy atom. The molecule has 5 nitrogen and oxygen atoms in total. The maximum absolute atomic E-state index is 8.89. The fraction of sp³-hybridized carbons (Fsp3) is 0.0870. The Morgan fingerprint density at radius 2 is 1.54 bits per heavy atom. The SMILES string of the molecule is Cc1cc(/C=C/C#N)cc(C)c1Nc1cccc(Nc2ccc(C#N)cc2)n1. The second kappa shape index (κ2) is 8.53. The van der Waals surface area contributed by atoms with Gasteiger partial charge in [-0.05, 0) is 85.1 Å². The van der Waals surface area contributed by atoms with Gasteiger partial charge in [-0.25, -0.2) is 4.98 Å². The summed E-state index contributed by atoms with van der Waals surface area (Å²) in [5, 5.41) is 24.2. The Hall–Kier alpha value is -4.09. The molecule has 1 heterocycles. The van der Waals surface area contributed by atoms with E-state index in [0.717, 1.165) is 33.9 Å². The van der Waals surface area contributed by atoms with Gasteiger partial charge >= 0.3 is 0 Å². The second-order valence-corrected chi connectivity index (χ2v) is 6.34. The summed E-state index contributed by atoms with van der Waals surface area (Å²) in [7, 11) is 0. The quantitative estimate of drug-likeness (QED) is 0.575. The molecule has 0 saturated carbocycles. The van der Waals surface area contributed by atoms with Crippen molar-refractivity contribution in [1.82, 2.24) is 4.98 Å². The predicted octanol–water partition coefficient (Wildman–Crippen LogP) is 5.59. The van der Waals surface area contributed by atoms with Crippen LogP contribution in [-0.4, -0.2) is 4.98 Å². The third kappa shape index (κ3) is 4.55. The van der Waals surface area contributed by atoms with Crippen LogP contribution < -0.4 is 10.6 Å². The Kier molecular flexibility index (Phi) is 5.69. The molecule has 0 aliphatic heterocycles. The minimum absolute atomic E-state index is 0.618.